The van der Waals surface area contributed by atoms with Crippen LogP contribution in [0.15, 0.2) is 36.4 Å². The van der Waals surface area contributed by atoms with Gasteiger partial charge >= 0.3 is 0 Å². The van der Waals surface area contributed by atoms with Gasteiger partial charge in [0, 0.05) is 18.7 Å². The fourth-order valence-electron chi connectivity index (χ4n) is 3.33. The molecule has 0 fully saturated rings. The van der Waals surface area contributed by atoms with Gasteiger partial charge in [-0.3, -0.25) is 9.69 Å². The lowest BCUT2D eigenvalue weighted by atomic mass is 9.86. The Labute approximate surface area is 190 Å². The van der Waals surface area contributed by atoms with E-state index in [-0.39, 0.29) is 23.7 Å². The molecular formula is C24H32ClN3OS. The van der Waals surface area contributed by atoms with Crippen molar-refractivity contribution in [2.24, 2.45) is 0 Å². The van der Waals surface area contributed by atoms with E-state index in [4.69, 9.17) is 4.98 Å². The number of aryl methyl sites for hydroxylation is 2. The minimum absolute atomic E-state index is 0. The van der Waals surface area contributed by atoms with Crippen molar-refractivity contribution in [2.75, 3.05) is 32.1 Å². The molecule has 0 aliphatic rings. The maximum Gasteiger partial charge on any atom is 0.260 e. The van der Waals surface area contributed by atoms with Crippen molar-refractivity contribution in [1.29, 1.82) is 0 Å². The predicted octanol–water partition coefficient (Wildman–Crippen LogP) is 5.84. The Bertz CT molecular complexity index is 1020. The second-order valence-electron chi connectivity index (χ2n) is 9.01. The Kier molecular flexibility index (Phi) is 7.67. The number of hydrogen-bond acceptors (Lipinski definition) is 4. The molecule has 162 valence electrons. The molecule has 2 aromatic carbocycles. The van der Waals surface area contributed by atoms with Gasteiger partial charge in [-0.15, -0.1) is 12.4 Å². The van der Waals surface area contributed by atoms with Gasteiger partial charge < -0.3 is 4.90 Å². The Morgan fingerprint density at radius 2 is 1.67 bits per heavy atom. The lowest BCUT2D eigenvalue weighted by Crippen LogP contribution is -2.36. The molecule has 0 unspecified atom stereocenters. The Hall–Kier alpha value is -1.95. The van der Waals surface area contributed by atoms with Crippen molar-refractivity contribution in [2.45, 2.75) is 40.0 Å². The van der Waals surface area contributed by atoms with Gasteiger partial charge in [0.2, 0.25) is 0 Å². The summed E-state index contributed by atoms with van der Waals surface area (Å²) in [5.41, 5.74) is 5.35. The van der Waals surface area contributed by atoms with Crippen molar-refractivity contribution in [3.8, 4) is 0 Å². The molecule has 1 aromatic heterocycles. The third-order valence-electron chi connectivity index (χ3n) is 5.05. The van der Waals surface area contributed by atoms with Crippen LogP contribution in [-0.2, 0) is 5.41 Å². The minimum Gasteiger partial charge on any atom is -0.308 e. The summed E-state index contributed by atoms with van der Waals surface area (Å²) in [6.45, 7) is 12.1. The molecule has 4 nitrogen and oxygen atoms in total. The highest BCUT2D eigenvalue weighted by Crippen LogP contribution is 2.33. The summed E-state index contributed by atoms with van der Waals surface area (Å²) in [7, 11) is 4.04. The topological polar surface area (TPSA) is 36.4 Å². The SMILES string of the molecule is Cc1cc(C)c2sc(N(CCN(C)C)C(=O)c3ccc(C(C)(C)C)cc3)nc2c1.Cl. The van der Waals surface area contributed by atoms with E-state index in [0.717, 1.165) is 21.9 Å². The molecule has 0 atom stereocenters. The van der Waals surface area contributed by atoms with E-state index < -0.39 is 0 Å². The molecule has 1 heterocycles. The summed E-state index contributed by atoms with van der Waals surface area (Å²) in [5.74, 6) is 0.000685. The maximum atomic E-state index is 13.4. The number of anilines is 1. The average molecular weight is 446 g/mol. The molecule has 0 saturated carbocycles. The van der Waals surface area contributed by atoms with Crippen LogP contribution >= 0.6 is 23.7 Å². The van der Waals surface area contributed by atoms with E-state index in [0.29, 0.717) is 12.1 Å². The van der Waals surface area contributed by atoms with Gasteiger partial charge in [0.1, 0.15) is 0 Å². The van der Waals surface area contributed by atoms with Crippen molar-refractivity contribution in [1.82, 2.24) is 9.88 Å². The number of hydrogen-bond donors (Lipinski definition) is 0. The molecule has 1 amide bonds. The van der Waals surface area contributed by atoms with E-state index in [2.05, 4.69) is 63.8 Å². The van der Waals surface area contributed by atoms with Crippen LogP contribution in [0.4, 0.5) is 5.13 Å². The molecular weight excluding hydrogens is 414 g/mol. The van der Waals surface area contributed by atoms with Crippen LogP contribution in [0.1, 0.15) is 47.8 Å². The largest absolute Gasteiger partial charge is 0.308 e. The van der Waals surface area contributed by atoms with Crippen molar-refractivity contribution in [3.05, 3.63) is 58.7 Å². The van der Waals surface area contributed by atoms with Gasteiger partial charge in [-0.25, -0.2) is 4.98 Å². The molecule has 30 heavy (non-hydrogen) atoms. The zero-order valence-corrected chi connectivity index (χ0v) is 20.6. The number of carbonyl (C=O) groups is 1. The van der Waals surface area contributed by atoms with E-state index in [1.54, 1.807) is 11.3 Å². The number of fused-ring (bicyclic) bond motifs is 1. The van der Waals surface area contributed by atoms with Gasteiger partial charge in [-0.2, -0.15) is 0 Å². The Balaban J connectivity index is 0.00000320. The zero-order valence-electron chi connectivity index (χ0n) is 18.9. The summed E-state index contributed by atoms with van der Waals surface area (Å²) in [5, 5.41) is 0.764. The van der Waals surface area contributed by atoms with Crippen LogP contribution in [-0.4, -0.2) is 43.0 Å². The number of benzene rings is 2. The molecule has 6 heteroatoms. The first-order chi connectivity index (χ1) is 13.6. The monoisotopic (exact) mass is 445 g/mol. The van der Waals surface area contributed by atoms with E-state index in [1.807, 2.05) is 31.1 Å². The van der Waals surface area contributed by atoms with Crippen molar-refractivity contribution >= 4 is 45.0 Å². The van der Waals surface area contributed by atoms with E-state index in [1.165, 1.54) is 16.7 Å². The van der Waals surface area contributed by atoms with Crippen LogP contribution < -0.4 is 4.90 Å². The molecule has 0 radical (unpaired) electrons. The standard InChI is InChI=1S/C24H31N3OS.ClH/c1-16-14-17(2)21-20(15-16)25-23(29-21)27(13-12-26(6)7)22(28)18-8-10-19(11-9-18)24(3,4)5;/h8-11,14-15H,12-13H2,1-7H3;1H. The van der Waals surface area contributed by atoms with Crippen LogP contribution in [0.3, 0.4) is 0 Å². The predicted molar refractivity (Wildman–Crippen MR) is 132 cm³/mol. The number of likely N-dealkylation sites (N-methyl/N-ethyl adjacent to an activating group) is 1. The average Bonchev–Trinajstić information content (AvgIpc) is 3.05. The third kappa shape index (κ3) is 5.39. The smallest absolute Gasteiger partial charge is 0.260 e. The minimum atomic E-state index is 0. The third-order valence-corrected chi connectivity index (χ3v) is 6.28. The first-order valence-electron chi connectivity index (χ1n) is 10.0. The first kappa shape index (κ1) is 24.3. The summed E-state index contributed by atoms with van der Waals surface area (Å²) >= 11 is 1.60. The second-order valence-corrected chi connectivity index (χ2v) is 9.99. The van der Waals surface area contributed by atoms with Crippen molar-refractivity contribution in [3.63, 3.8) is 0 Å². The fraction of sp³-hybridized carbons (Fsp3) is 0.417. The molecule has 0 saturated heterocycles. The number of aromatic nitrogens is 1. The summed E-state index contributed by atoms with van der Waals surface area (Å²) in [6.07, 6.45) is 0. The van der Waals surface area contributed by atoms with Gasteiger partial charge in [-0.1, -0.05) is 50.3 Å². The van der Waals surface area contributed by atoms with E-state index in [9.17, 15) is 4.79 Å². The number of halogens is 1. The lowest BCUT2D eigenvalue weighted by Gasteiger charge is -2.23. The van der Waals surface area contributed by atoms with Crippen LogP contribution in [0, 0.1) is 13.8 Å². The highest BCUT2D eigenvalue weighted by molar-refractivity contribution is 7.22. The Morgan fingerprint density at radius 1 is 1.03 bits per heavy atom. The van der Waals surface area contributed by atoms with Gasteiger partial charge in [0.15, 0.2) is 5.13 Å². The zero-order chi connectivity index (χ0) is 21.3. The summed E-state index contributed by atoms with van der Waals surface area (Å²) < 4.78 is 1.15. The van der Waals surface area contributed by atoms with Gasteiger partial charge in [-0.05, 0) is 68.2 Å². The quantitative estimate of drug-likeness (QED) is 0.494. The molecule has 3 rings (SSSR count). The normalized spacial score (nSPS) is 11.6. The summed E-state index contributed by atoms with van der Waals surface area (Å²) in [4.78, 5) is 22.2. The van der Waals surface area contributed by atoms with E-state index >= 15 is 0 Å². The maximum absolute atomic E-state index is 13.4. The number of rotatable bonds is 5. The molecule has 0 aliphatic carbocycles. The van der Waals surface area contributed by atoms with Crippen LogP contribution in [0.5, 0.6) is 0 Å². The number of amides is 1. The highest BCUT2D eigenvalue weighted by atomic mass is 35.5. The lowest BCUT2D eigenvalue weighted by molar-refractivity contribution is 0.0985. The van der Waals surface area contributed by atoms with Gasteiger partial charge in [0.05, 0.1) is 10.2 Å². The van der Waals surface area contributed by atoms with Gasteiger partial charge in [0.25, 0.3) is 5.91 Å². The second kappa shape index (κ2) is 9.46. The number of carbonyl (C=O) groups excluding carboxylic acids is 1. The first-order valence-corrected chi connectivity index (χ1v) is 10.8. The Morgan fingerprint density at radius 3 is 2.23 bits per heavy atom. The summed E-state index contributed by atoms with van der Waals surface area (Å²) in [6, 6.07) is 12.3. The van der Waals surface area contributed by atoms with Crippen molar-refractivity contribution < 1.29 is 4.79 Å². The number of nitrogens with zero attached hydrogens (tertiary/aromatic N) is 3. The number of thiazole rings is 1. The molecule has 0 spiro atoms. The fourth-order valence-corrected chi connectivity index (χ4v) is 4.37. The molecule has 0 bridgehead atoms. The molecule has 0 N–H and O–H groups in total. The molecule has 0 aliphatic heterocycles. The highest BCUT2D eigenvalue weighted by Gasteiger charge is 2.23. The van der Waals surface area contributed by atoms with Crippen LogP contribution in [0.2, 0.25) is 0 Å². The van der Waals surface area contributed by atoms with Crippen LogP contribution in [0.25, 0.3) is 10.2 Å². The molecule has 3 aromatic rings.